The molecule has 94 valence electrons. The number of benzene rings is 1. The number of halogens is 2. The van der Waals surface area contributed by atoms with Gasteiger partial charge in [-0.1, -0.05) is 31.9 Å². The second-order valence-corrected chi connectivity index (χ2v) is 6.27. The first-order chi connectivity index (χ1) is 8.65. The Morgan fingerprint density at radius 3 is 2.83 bits per heavy atom. The second-order valence-electron chi connectivity index (χ2n) is 4.43. The molecule has 1 aliphatic heterocycles. The van der Waals surface area contributed by atoms with Crippen LogP contribution in [-0.4, -0.2) is 6.61 Å². The molecule has 0 aliphatic carbocycles. The summed E-state index contributed by atoms with van der Waals surface area (Å²) in [7, 11) is 0. The van der Waals surface area contributed by atoms with Crippen molar-refractivity contribution in [3.8, 4) is 5.75 Å². The number of hydrogen-bond acceptors (Lipinski definition) is 2. The molecule has 1 unspecified atom stereocenters. The molecule has 2 aromatic rings. The zero-order valence-corrected chi connectivity index (χ0v) is 13.0. The molecule has 0 radical (unpaired) electrons. The lowest BCUT2D eigenvalue weighted by Gasteiger charge is -2.13. The van der Waals surface area contributed by atoms with E-state index in [0.717, 1.165) is 40.1 Å². The molecule has 0 saturated carbocycles. The molecule has 1 atom stereocenters. The van der Waals surface area contributed by atoms with Gasteiger partial charge in [0, 0.05) is 22.0 Å². The normalized spacial score (nSPS) is 15.3. The zero-order chi connectivity index (χ0) is 12.7. The monoisotopic (exact) mass is 370 g/mol. The van der Waals surface area contributed by atoms with Gasteiger partial charge in [0.2, 0.25) is 0 Å². The van der Waals surface area contributed by atoms with E-state index in [4.69, 9.17) is 9.15 Å². The lowest BCUT2D eigenvalue weighted by atomic mass is 10.0. The Kier molecular flexibility index (Phi) is 3.24. The molecule has 0 amide bonds. The van der Waals surface area contributed by atoms with Gasteiger partial charge < -0.3 is 9.15 Å². The van der Waals surface area contributed by atoms with Crippen molar-refractivity contribution >= 4 is 31.9 Å². The van der Waals surface area contributed by atoms with Crippen LogP contribution in [0, 0.1) is 6.92 Å². The van der Waals surface area contributed by atoms with Gasteiger partial charge in [-0.2, -0.15) is 0 Å². The fraction of sp³-hybridized carbons (Fsp3) is 0.286. The highest BCUT2D eigenvalue weighted by Crippen LogP contribution is 2.42. The summed E-state index contributed by atoms with van der Waals surface area (Å²) in [5, 5.41) is 0. The van der Waals surface area contributed by atoms with Crippen LogP contribution < -0.4 is 4.74 Å². The summed E-state index contributed by atoms with van der Waals surface area (Å²) in [6.07, 6.45) is 2.77. The summed E-state index contributed by atoms with van der Waals surface area (Å²) >= 11 is 7.30. The highest BCUT2D eigenvalue weighted by atomic mass is 79.9. The van der Waals surface area contributed by atoms with Gasteiger partial charge in [0.05, 0.1) is 17.7 Å². The molecule has 0 spiro atoms. The Labute approximate surface area is 123 Å². The van der Waals surface area contributed by atoms with Gasteiger partial charge in [-0.15, -0.1) is 0 Å². The van der Waals surface area contributed by atoms with E-state index in [9.17, 15) is 0 Å². The predicted molar refractivity (Wildman–Crippen MR) is 77.6 cm³/mol. The van der Waals surface area contributed by atoms with Crippen LogP contribution in [0.15, 0.2) is 33.4 Å². The first-order valence-corrected chi connectivity index (χ1v) is 7.50. The van der Waals surface area contributed by atoms with E-state index < -0.39 is 0 Å². The Balaban J connectivity index is 2.06. The van der Waals surface area contributed by atoms with Crippen LogP contribution in [0.25, 0.3) is 0 Å². The molecular weight excluding hydrogens is 360 g/mol. The quantitative estimate of drug-likeness (QED) is 0.709. The minimum Gasteiger partial charge on any atom is -0.493 e. The largest absolute Gasteiger partial charge is 0.493 e. The Morgan fingerprint density at radius 2 is 2.11 bits per heavy atom. The summed E-state index contributed by atoms with van der Waals surface area (Å²) in [6.45, 7) is 2.72. The highest BCUT2D eigenvalue weighted by molar-refractivity contribution is 9.10. The minimum absolute atomic E-state index is 0.0966. The van der Waals surface area contributed by atoms with E-state index in [1.54, 1.807) is 6.26 Å². The van der Waals surface area contributed by atoms with Gasteiger partial charge in [0.1, 0.15) is 11.5 Å². The fourth-order valence-electron chi connectivity index (χ4n) is 2.26. The summed E-state index contributed by atoms with van der Waals surface area (Å²) in [5.41, 5.74) is 3.53. The van der Waals surface area contributed by atoms with Gasteiger partial charge in [-0.25, -0.2) is 0 Å². The number of fused-ring (bicyclic) bond motifs is 1. The van der Waals surface area contributed by atoms with Gasteiger partial charge >= 0.3 is 0 Å². The molecule has 0 bridgehead atoms. The SMILES string of the molecule is Cc1cc(C(Br)c2cc(Br)cc3c2OCC3)co1. The zero-order valence-electron chi connectivity index (χ0n) is 9.87. The lowest BCUT2D eigenvalue weighted by molar-refractivity contribution is 0.354. The second kappa shape index (κ2) is 4.74. The molecule has 3 rings (SSSR count). The maximum atomic E-state index is 5.75. The average Bonchev–Trinajstić information content (AvgIpc) is 2.95. The number of ether oxygens (including phenoxy) is 1. The molecule has 2 heterocycles. The van der Waals surface area contributed by atoms with Crippen molar-refractivity contribution in [2.45, 2.75) is 18.2 Å². The predicted octanol–water partition coefficient (Wildman–Crippen LogP) is 4.77. The van der Waals surface area contributed by atoms with Crippen molar-refractivity contribution in [2.75, 3.05) is 6.61 Å². The van der Waals surface area contributed by atoms with Crippen LogP contribution in [0.1, 0.15) is 27.3 Å². The molecule has 1 aliphatic rings. The Morgan fingerprint density at radius 1 is 1.28 bits per heavy atom. The van der Waals surface area contributed by atoms with Crippen LogP contribution >= 0.6 is 31.9 Å². The van der Waals surface area contributed by atoms with E-state index in [0.29, 0.717) is 0 Å². The fourth-order valence-corrected chi connectivity index (χ4v) is 3.37. The third-order valence-corrected chi connectivity index (χ3v) is 4.57. The first kappa shape index (κ1) is 12.3. The van der Waals surface area contributed by atoms with Crippen LogP contribution in [0.5, 0.6) is 5.75 Å². The molecule has 1 aromatic heterocycles. The van der Waals surface area contributed by atoms with E-state index in [2.05, 4.69) is 44.0 Å². The maximum Gasteiger partial charge on any atom is 0.127 e. The topological polar surface area (TPSA) is 22.4 Å². The van der Waals surface area contributed by atoms with Crippen molar-refractivity contribution in [2.24, 2.45) is 0 Å². The van der Waals surface area contributed by atoms with E-state index in [-0.39, 0.29) is 4.83 Å². The van der Waals surface area contributed by atoms with E-state index in [1.165, 1.54) is 5.56 Å². The third kappa shape index (κ3) is 2.12. The summed E-state index contributed by atoms with van der Waals surface area (Å²) in [5.74, 6) is 1.93. The molecule has 18 heavy (non-hydrogen) atoms. The molecule has 0 N–H and O–H groups in total. The third-order valence-electron chi connectivity index (χ3n) is 3.09. The van der Waals surface area contributed by atoms with Crippen molar-refractivity contribution in [3.63, 3.8) is 0 Å². The first-order valence-electron chi connectivity index (χ1n) is 5.79. The van der Waals surface area contributed by atoms with Crippen LogP contribution in [-0.2, 0) is 6.42 Å². The van der Waals surface area contributed by atoms with Crippen molar-refractivity contribution in [1.29, 1.82) is 0 Å². The highest BCUT2D eigenvalue weighted by Gasteiger charge is 2.23. The van der Waals surface area contributed by atoms with E-state index >= 15 is 0 Å². The van der Waals surface area contributed by atoms with Crippen LogP contribution in [0.3, 0.4) is 0 Å². The van der Waals surface area contributed by atoms with Crippen molar-refractivity contribution in [1.82, 2.24) is 0 Å². The summed E-state index contributed by atoms with van der Waals surface area (Å²) < 4.78 is 12.2. The number of alkyl halides is 1. The van der Waals surface area contributed by atoms with E-state index in [1.807, 2.05) is 13.0 Å². The Bertz CT molecular complexity index is 589. The summed E-state index contributed by atoms with van der Waals surface area (Å²) in [6, 6.07) is 6.28. The van der Waals surface area contributed by atoms with Crippen LogP contribution in [0.2, 0.25) is 0 Å². The molecule has 0 fully saturated rings. The average molecular weight is 372 g/mol. The Hall–Kier alpha value is -0.740. The van der Waals surface area contributed by atoms with Gasteiger partial charge in [0.25, 0.3) is 0 Å². The number of rotatable bonds is 2. The maximum absolute atomic E-state index is 5.75. The standard InChI is InChI=1S/C14H12Br2O2/c1-8-4-10(7-18-8)13(16)12-6-11(15)5-9-2-3-17-14(9)12/h4-7,13H,2-3H2,1H3. The molecule has 0 saturated heterocycles. The molecule has 2 nitrogen and oxygen atoms in total. The number of aryl methyl sites for hydroxylation is 1. The van der Waals surface area contributed by atoms with Crippen molar-refractivity contribution in [3.05, 3.63) is 51.4 Å². The molecule has 4 heteroatoms. The number of hydrogen-bond donors (Lipinski definition) is 0. The lowest BCUT2D eigenvalue weighted by Crippen LogP contribution is -1.96. The van der Waals surface area contributed by atoms with Crippen LogP contribution in [0.4, 0.5) is 0 Å². The van der Waals surface area contributed by atoms with Gasteiger partial charge in [-0.05, 0) is 30.7 Å². The molecule has 1 aromatic carbocycles. The van der Waals surface area contributed by atoms with Crippen molar-refractivity contribution < 1.29 is 9.15 Å². The number of furan rings is 1. The minimum atomic E-state index is 0.0966. The van der Waals surface area contributed by atoms with Gasteiger partial charge in [-0.3, -0.25) is 0 Å². The summed E-state index contributed by atoms with van der Waals surface area (Å²) in [4.78, 5) is 0.0966. The molecular formula is C14H12Br2O2. The smallest absolute Gasteiger partial charge is 0.127 e. The van der Waals surface area contributed by atoms with Gasteiger partial charge in [0.15, 0.2) is 0 Å².